The summed E-state index contributed by atoms with van der Waals surface area (Å²) < 4.78 is 1.57. The highest BCUT2D eigenvalue weighted by atomic mass is 16.1. The van der Waals surface area contributed by atoms with Crippen molar-refractivity contribution in [3.8, 4) is 0 Å². The molecule has 3 heteroatoms. The molecule has 13 heavy (non-hydrogen) atoms. The molecule has 2 heterocycles. The van der Waals surface area contributed by atoms with Crippen molar-refractivity contribution in [3.63, 3.8) is 0 Å². The molecular weight excluding hydrogens is 164 g/mol. The standard InChI is InChI=1S/C10H8N2O/c13-10-4-1-3-9-5-7-11-6-2-8-12(9)10/h1-8H/b7-5-,8-2-,11-6-. The molecular formula is C10H8N2O. The fourth-order valence-electron chi connectivity index (χ4n) is 1.16. The first-order chi connectivity index (χ1) is 6.38. The van der Waals surface area contributed by atoms with Gasteiger partial charge >= 0.3 is 0 Å². The minimum Gasteiger partial charge on any atom is -0.284 e. The van der Waals surface area contributed by atoms with Crippen molar-refractivity contribution in [1.82, 2.24) is 4.57 Å². The number of rotatable bonds is 0. The summed E-state index contributed by atoms with van der Waals surface area (Å²) in [5, 5.41) is 0. The van der Waals surface area contributed by atoms with Crippen LogP contribution in [-0.2, 0) is 0 Å². The molecule has 64 valence electrons. The van der Waals surface area contributed by atoms with E-state index in [1.807, 2.05) is 6.07 Å². The van der Waals surface area contributed by atoms with E-state index in [1.165, 1.54) is 6.07 Å². The van der Waals surface area contributed by atoms with Crippen molar-refractivity contribution in [2.75, 3.05) is 0 Å². The van der Waals surface area contributed by atoms with Crippen LogP contribution in [0.25, 0.3) is 12.3 Å². The lowest BCUT2D eigenvalue weighted by atomic mass is 10.3. The maximum Gasteiger partial charge on any atom is 0.255 e. The van der Waals surface area contributed by atoms with Gasteiger partial charge in [-0.05, 0) is 18.2 Å². The van der Waals surface area contributed by atoms with Crippen LogP contribution >= 0.6 is 0 Å². The molecule has 0 unspecified atom stereocenters. The van der Waals surface area contributed by atoms with E-state index in [0.717, 1.165) is 5.69 Å². The van der Waals surface area contributed by atoms with Crippen molar-refractivity contribution >= 4 is 18.5 Å². The lowest BCUT2D eigenvalue weighted by Gasteiger charge is -2.03. The second-order valence-electron chi connectivity index (χ2n) is 2.61. The highest BCUT2D eigenvalue weighted by Crippen LogP contribution is 2.01. The summed E-state index contributed by atoms with van der Waals surface area (Å²) in [6, 6.07) is 5.13. The molecule has 1 aliphatic rings. The molecule has 2 rings (SSSR count). The Morgan fingerprint density at radius 1 is 1.31 bits per heavy atom. The second kappa shape index (κ2) is 3.23. The number of aromatic nitrogens is 1. The first-order valence-corrected chi connectivity index (χ1v) is 3.96. The number of hydrogen-bond acceptors (Lipinski definition) is 2. The van der Waals surface area contributed by atoms with E-state index in [4.69, 9.17) is 0 Å². The van der Waals surface area contributed by atoms with Crippen LogP contribution in [0.15, 0.2) is 40.3 Å². The number of nitrogens with zero attached hydrogens (tertiary/aromatic N) is 2. The van der Waals surface area contributed by atoms with Crippen LogP contribution < -0.4 is 5.56 Å². The fourth-order valence-corrected chi connectivity index (χ4v) is 1.16. The van der Waals surface area contributed by atoms with Gasteiger partial charge < -0.3 is 0 Å². The van der Waals surface area contributed by atoms with E-state index >= 15 is 0 Å². The number of hydrogen-bond donors (Lipinski definition) is 0. The zero-order valence-corrected chi connectivity index (χ0v) is 6.92. The SMILES string of the molecule is O=c1cccc2n1\C=C/C=N\C=C/2. The van der Waals surface area contributed by atoms with Gasteiger partial charge in [-0.1, -0.05) is 6.07 Å². The summed E-state index contributed by atoms with van der Waals surface area (Å²) in [6.45, 7) is 0. The predicted octanol–water partition coefficient (Wildman–Crippen LogP) is 1.37. The Kier molecular flexibility index (Phi) is 1.92. The van der Waals surface area contributed by atoms with Gasteiger partial charge in [-0.15, -0.1) is 0 Å². The van der Waals surface area contributed by atoms with Gasteiger partial charge in [0.15, 0.2) is 0 Å². The normalized spacial score (nSPS) is 20.9. The number of aliphatic imine (C=N–C) groups is 1. The average Bonchev–Trinajstić information content (AvgIpc) is 2.07. The van der Waals surface area contributed by atoms with Gasteiger partial charge in [-0.25, -0.2) is 0 Å². The topological polar surface area (TPSA) is 34.4 Å². The van der Waals surface area contributed by atoms with Crippen molar-refractivity contribution in [3.05, 3.63) is 46.5 Å². The summed E-state index contributed by atoms with van der Waals surface area (Å²) in [5.41, 5.74) is 0.800. The summed E-state index contributed by atoms with van der Waals surface area (Å²) in [6.07, 6.45) is 8.52. The minimum atomic E-state index is -0.0336. The molecule has 0 spiro atoms. The maximum absolute atomic E-state index is 11.4. The lowest BCUT2D eigenvalue weighted by molar-refractivity contribution is 1.04. The minimum absolute atomic E-state index is 0.0336. The van der Waals surface area contributed by atoms with Crippen LogP contribution in [0, 0.1) is 0 Å². The Balaban J connectivity index is 2.69. The predicted molar refractivity (Wildman–Crippen MR) is 53.6 cm³/mol. The van der Waals surface area contributed by atoms with Crippen molar-refractivity contribution in [2.24, 2.45) is 4.99 Å². The van der Waals surface area contributed by atoms with E-state index in [9.17, 15) is 4.79 Å². The monoisotopic (exact) mass is 172 g/mol. The molecule has 1 aromatic heterocycles. The summed E-state index contributed by atoms with van der Waals surface area (Å²) >= 11 is 0. The molecule has 0 aromatic carbocycles. The molecule has 0 amide bonds. The Hall–Kier alpha value is -1.90. The van der Waals surface area contributed by atoms with Crippen LogP contribution in [0.2, 0.25) is 0 Å². The van der Waals surface area contributed by atoms with Gasteiger partial charge in [0.05, 0.1) is 5.69 Å². The number of fused-ring (bicyclic) bond motifs is 1. The largest absolute Gasteiger partial charge is 0.284 e. The zero-order chi connectivity index (χ0) is 9.10. The van der Waals surface area contributed by atoms with Crippen molar-refractivity contribution in [1.29, 1.82) is 0 Å². The van der Waals surface area contributed by atoms with E-state index < -0.39 is 0 Å². The summed E-state index contributed by atoms with van der Waals surface area (Å²) in [5.74, 6) is 0. The number of pyridine rings is 1. The summed E-state index contributed by atoms with van der Waals surface area (Å²) in [7, 11) is 0. The first kappa shape index (κ1) is 7.73. The Morgan fingerprint density at radius 3 is 3.15 bits per heavy atom. The van der Waals surface area contributed by atoms with Crippen molar-refractivity contribution < 1.29 is 0 Å². The molecule has 1 aliphatic heterocycles. The second-order valence-corrected chi connectivity index (χ2v) is 2.61. The molecule has 0 saturated carbocycles. The molecule has 1 aromatic rings. The highest BCUT2D eigenvalue weighted by molar-refractivity contribution is 5.77. The van der Waals surface area contributed by atoms with Gasteiger partial charge in [0.25, 0.3) is 5.56 Å². The molecule has 0 saturated heterocycles. The van der Waals surface area contributed by atoms with Gasteiger partial charge in [-0.3, -0.25) is 14.4 Å². The van der Waals surface area contributed by atoms with Gasteiger partial charge in [0, 0.05) is 24.7 Å². The summed E-state index contributed by atoms with van der Waals surface area (Å²) in [4.78, 5) is 15.3. The van der Waals surface area contributed by atoms with Crippen LogP contribution in [0.4, 0.5) is 0 Å². The lowest BCUT2D eigenvalue weighted by Crippen LogP contribution is -2.15. The molecule has 0 aliphatic carbocycles. The van der Waals surface area contributed by atoms with E-state index in [2.05, 4.69) is 4.99 Å². The molecule has 0 fully saturated rings. The van der Waals surface area contributed by atoms with Gasteiger partial charge in [-0.2, -0.15) is 0 Å². The smallest absolute Gasteiger partial charge is 0.255 e. The van der Waals surface area contributed by atoms with Gasteiger partial charge in [0.2, 0.25) is 0 Å². The fraction of sp³-hybridized carbons (Fsp3) is 0. The van der Waals surface area contributed by atoms with E-state index in [0.29, 0.717) is 0 Å². The quantitative estimate of drug-likeness (QED) is 0.582. The van der Waals surface area contributed by atoms with Gasteiger partial charge in [0.1, 0.15) is 0 Å². The Bertz CT molecular complexity index is 452. The molecule has 0 bridgehead atoms. The molecule has 3 nitrogen and oxygen atoms in total. The number of allylic oxidation sites excluding steroid dienone is 1. The maximum atomic E-state index is 11.4. The third-order valence-corrected chi connectivity index (χ3v) is 1.76. The highest BCUT2D eigenvalue weighted by Gasteiger charge is 1.96. The average molecular weight is 172 g/mol. The zero-order valence-electron chi connectivity index (χ0n) is 6.92. The van der Waals surface area contributed by atoms with E-state index in [1.54, 1.807) is 41.4 Å². The Morgan fingerprint density at radius 2 is 2.23 bits per heavy atom. The first-order valence-electron chi connectivity index (χ1n) is 3.96. The van der Waals surface area contributed by atoms with E-state index in [-0.39, 0.29) is 5.56 Å². The van der Waals surface area contributed by atoms with Crippen LogP contribution in [0.1, 0.15) is 5.69 Å². The molecule has 0 N–H and O–H groups in total. The van der Waals surface area contributed by atoms with Crippen LogP contribution in [0.3, 0.4) is 0 Å². The third-order valence-electron chi connectivity index (χ3n) is 1.76. The third kappa shape index (κ3) is 1.49. The van der Waals surface area contributed by atoms with Crippen LogP contribution in [0.5, 0.6) is 0 Å². The van der Waals surface area contributed by atoms with Crippen LogP contribution in [-0.4, -0.2) is 10.8 Å². The van der Waals surface area contributed by atoms with Crippen molar-refractivity contribution in [2.45, 2.75) is 0 Å². The molecule has 0 radical (unpaired) electrons. The molecule has 0 atom stereocenters. The Labute approximate surface area is 75.4 Å².